The Hall–Kier alpha value is -0.600. The van der Waals surface area contributed by atoms with Crippen LogP contribution < -0.4 is 0 Å². The SMILES string of the molecule is Sc1c[nH]c2cc(Cl)ccc12. The normalized spacial score (nSPS) is 10.7. The third kappa shape index (κ3) is 1.12. The van der Waals surface area contributed by atoms with Gasteiger partial charge in [0, 0.05) is 27.0 Å². The highest BCUT2D eigenvalue weighted by Crippen LogP contribution is 2.23. The van der Waals surface area contributed by atoms with Gasteiger partial charge in [-0.15, -0.1) is 12.6 Å². The molecule has 0 aliphatic heterocycles. The average Bonchev–Trinajstić information content (AvgIpc) is 2.32. The molecule has 1 N–H and O–H groups in total. The van der Waals surface area contributed by atoms with Gasteiger partial charge in [0.15, 0.2) is 0 Å². The van der Waals surface area contributed by atoms with Crippen LogP contribution in [0, 0.1) is 0 Å². The molecule has 1 heterocycles. The van der Waals surface area contributed by atoms with E-state index < -0.39 is 0 Å². The van der Waals surface area contributed by atoms with Gasteiger partial charge in [-0.3, -0.25) is 0 Å². The molecule has 11 heavy (non-hydrogen) atoms. The van der Waals surface area contributed by atoms with Gasteiger partial charge in [0.1, 0.15) is 0 Å². The fourth-order valence-corrected chi connectivity index (χ4v) is 1.51. The quantitative estimate of drug-likeness (QED) is 0.584. The second-order valence-electron chi connectivity index (χ2n) is 2.36. The molecule has 0 saturated heterocycles. The van der Waals surface area contributed by atoms with Crippen LogP contribution in [0.5, 0.6) is 0 Å². The molecule has 2 rings (SSSR count). The molecule has 3 heteroatoms. The number of fused-ring (bicyclic) bond motifs is 1. The molecule has 0 atom stereocenters. The summed E-state index contributed by atoms with van der Waals surface area (Å²) in [7, 11) is 0. The summed E-state index contributed by atoms with van der Waals surface area (Å²) in [6, 6.07) is 5.70. The van der Waals surface area contributed by atoms with Gasteiger partial charge in [-0.25, -0.2) is 0 Å². The van der Waals surface area contributed by atoms with Gasteiger partial charge >= 0.3 is 0 Å². The van der Waals surface area contributed by atoms with Gasteiger partial charge in [0.25, 0.3) is 0 Å². The third-order valence-electron chi connectivity index (χ3n) is 1.62. The summed E-state index contributed by atoms with van der Waals surface area (Å²) in [4.78, 5) is 4.02. The Labute approximate surface area is 74.8 Å². The van der Waals surface area contributed by atoms with Crippen LogP contribution in [0.2, 0.25) is 5.02 Å². The predicted octanol–water partition coefficient (Wildman–Crippen LogP) is 3.11. The van der Waals surface area contributed by atoms with Gasteiger partial charge in [0.05, 0.1) is 0 Å². The Morgan fingerprint density at radius 3 is 3.00 bits per heavy atom. The summed E-state index contributed by atoms with van der Waals surface area (Å²) in [6.07, 6.45) is 1.85. The largest absolute Gasteiger partial charge is 0.360 e. The second kappa shape index (κ2) is 2.47. The molecule has 0 aliphatic carbocycles. The standard InChI is InChI=1S/C8H6ClNS/c9-5-1-2-6-7(3-5)10-4-8(6)11/h1-4,10-11H. The molecule has 0 aliphatic rings. The fourth-order valence-electron chi connectivity index (χ4n) is 1.08. The molecule has 0 radical (unpaired) electrons. The fraction of sp³-hybridized carbons (Fsp3) is 0. The molecule has 1 aromatic carbocycles. The van der Waals surface area contributed by atoms with Crippen molar-refractivity contribution in [1.29, 1.82) is 0 Å². The molecule has 1 aromatic heterocycles. The number of rotatable bonds is 0. The first-order chi connectivity index (χ1) is 5.27. The van der Waals surface area contributed by atoms with E-state index in [1.54, 1.807) is 0 Å². The van der Waals surface area contributed by atoms with Gasteiger partial charge in [0.2, 0.25) is 0 Å². The Bertz CT molecular complexity index is 394. The highest BCUT2D eigenvalue weighted by atomic mass is 35.5. The number of aromatic amines is 1. The van der Waals surface area contributed by atoms with E-state index in [4.69, 9.17) is 11.6 Å². The minimum atomic E-state index is 0.743. The minimum absolute atomic E-state index is 0.743. The number of H-pyrrole nitrogens is 1. The number of benzene rings is 1. The molecule has 56 valence electrons. The molecule has 1 nitrogen and oxygen atoms in total. The van der Waals surface area contributed by atoms with Crippen molar-refractivity contribution in [3.63, 3.8) is 0 Å². The van der Waals surface area contributed by atoms with Crippen LogP contribution in [0.15, 0.2) is 29.3 Å². The van der Waals surface area contributed by atoms with Gasteiger partial charge < -0.3 is 4.98 Å². The summed E-state index contributed by atoms with van der Waals surface area (Å²) in [5.41, 5.74) is 1.03. The summed E-state index contributed by atoms with van der Waals surface area (Å²) in [5, 5.41) is 1.85. The van der Waals surface area contributed by atoms with Crippen molar-refractivity contribution in [3.05, 3.63) is 29.4 Å². The monoisotopic (exact) mass is 183 g/mol. The lowest BCUT2D eigenvalue weighted by Crippen LogP contribution is -1.66. The van der Waals surface area contributed by atoms with Gasteiger partial charge in [-0.2, -0.15) is 0 Å². The molecule has 0 saturated carbocycles. The van der Waals surface area contributed by atoms with E-state index in [0.29, 0.717) is 0 Å². The summed E-state index contributed by atoms with van der Waals surface area (Å²) in [5.74, 6) is 0. The van der Waals surface area contributed by atoms with Crippen molar-refractivity contribution >= 4 is 35.1 Å². The van der Waals surface area contributed by atoms with Crippen molar-refractivity contribution < 1.29 is 0 Å². The van der Waals surface area contributed by atoms with Gasteiger partial charge in [-0.05, 0) is 12.1 Å². The molecular weight excluding hydrogens is 178 g/mol. The first-order valence-electron chi connectivity index (χ1n) is 3.23. The minimum Gasteiger partial charge on any atom is -0.360 e. The zero-order chi connectivity index (χ0) is 7.84. The van der Waals surface area contributed by atoms with Crippen LogP contribution in [-0.4, -0.2) is 4.98 Å². The maximum Gasteiger partial charge on any atom is 0.0480 e. The summed E-state index contributed by atoms with van der Waals surface area (Å²) < 4.78 is 0. The maximum absolute atomic E-state index is 5.78. The molecule has 0 fully saturated rings. The smallest absolute Gasteiger partial charge is 0.0480 e. The second-order valence-corrected chi connectivity index (χ2v) is 3.28. The average molecular weight is 184 g/mol. The molecule has 0 bridgehead atoms. The highest BCUT2D eigenvalue weighted by molar-refractivity contribution is 7.80. The molecule has 2 aromatic rings. The van der Waals surface area contributed by atoms with Crippen LogP contribution in [0.4, 0.5) is 0 Å². The molecular formula is C8H6ClNS. The van der Waals surface area contributed by atoms with E-state index in [2.05, 4.69) is 17.6 Å². The van der Waals surface area contributed by atoms with Crippen LogP contribution >= 0.6 is 24.2 Å². The van der Waals surface area contributed by atoms with E-state index in [0.717, 1.165) is 20.8 Å². The summed E-state index contributed by atoms with van der Waals surface area (Å²) in [6.45, 7) is 0. The van der Waals surface area contributed by atoms with E-state index in [1.165, 1.54) is 0 Å². The van der Waals surface area contributed by atoms with Crippen molar-refractivity contribution in [2.75, 3.05) is 0 Å². The van der Waals surface area contributed by atoms with E-state index in [9.17, 15) is 0 Å². The number of hydrogen-bond donors (Lipinski definition) is 2. The lowest BCUT2D eigenvalue weighted by atomic mass is 10.2. The van der Waals surface area contributed by atoms with Crippen LogP contribution in [-0.2, 0) is 0 Å². The molecule has 0 amide bonds. The number of halogens is 1. The highest BCUT2D eigenvalue weighted by Gasteiger charge is 1.98. The van der Waals surface area contributed by atoms with E-state index in [1.807, 2.05) is 24.4 Å². The summed E-state index contributed by atoms with van der Waals surface area (Å²) >= 11 is 10.0. The Balaban J connectivity index is 2.86. The Morgan fingerprint density at radius 1 is 1.36 bits per heavy atom. The predicted molar refractivity (Wildman–Crippen MR) is 50.6 cm³/mol. The topological polar surface area (TPSA) is 15.8 Å². The van der Waals surface area contributed by atoms with Crippen molar-refractivity contribution in [2.24, 2.45) is 0 Å². The number of hydrogen-bond acceptors (Lipinski definition) is 1. The first-order valence-corrected chi connectivity index (χ1v) is 4.05. The number of thiol groups is 1. The molecule has 0 unspecified atom stereocenters. The van der Waals surface area contributed by atoms with Gasteiger partial charge in [-0.1, -0.05) is 17.7 Å². The zero-order valence-corrected chi connectivity index (χ0v) is 7.28. The lowest BCUT2D eigenvalue weighted by Gasteiger charge is -1.90. The van der Waals surface area contributed by atoms with Crippen molar-refractivity contribution in [2.45, 2.75) is 4.90 Å². The Kier molecular flexibility index (Phi) is 1.59. The van der Waals surface area contributed by atoms with Crippen LogP contribution in [0.1, 0.15) is 0 Å². The number of aromatic nitrogens is 1. The van der Waals surface area contributed by atoms with Crippen molar-refractivity contribution in [1.82, 2.24) is 4.98 Å². The Morgan fingerprint density at radius 2 is 2.18 bits per heavy atom. The maximum atomic E-state index is 5.78. The van der Waals surface area contributed by atoms with E-state index in [-0.39, 0.29) is 0 Å². The van der Waals surface area contributed by atoms with Crippen LogP contribution in [0.3, 0.4) is 0 Å². The molecule has 0 spiro atoms. The number of nitrogens with one attached hydrogen (secondary N) is 1. The van der Waals surface area contributed by atoms with E-state index >= 15 is 0 Å². The zero-order valence-electron chi connectivity index (χ0n) is 5.63. The first kappa shape index (κ1) is 7.07. The third-order valence-corrected chi connectivity index (χ3v) is 2.23. The van der Waals surface area contributed by atoms with Crippen LogP contribution in [0.25, 0.3) is 10.9 Å². The lowest BCUT2D eigenvalue weighted by molar-refractivity contribution is 1.42. The van der Waals surface area contributed by atoms with Crippen molar-refractivity contribution in [3.8, 4) is 0 Å².